The zero-order valence-electron chi connectivity index (χ0n) is 9.53. The molecular formula is C11H10F3NO3S. The average molecular weight is 293 g/mol. The van der Waals surface area contributed by atoms with Crippen molar-refractivity contribution in [3.05, 3.63) is 29.6 Å². The van der Waals surface area contributed by atoms with Gasteiger partial charge in [0, 0.05) is 6.42 Å². The molecule has 19 heavy (non-hydrogen) atoms. The van der Waals surface area contributed by atoms with Crippen LogP contribution in [0.25, 0.3) is 0 Å². The highest BCUT2D eigenvalue weighted by molar-refractivity contribution is 7.93. The molecule has 0 radical (unpaired) electrons. The van der Waals surface area contributed by atoms with Crippen molar-refractivity contribution in [3.63, 3.8) is 0 Å². The smallest absolute Gasteiger partial charge is 0.355 e. The summed E-state index contributed by atoms with van der Waals surface area (Å²) >= 11 is 0. The number of aliphatic hydroxyl groups excluding tert-OH is 1. The summed E-state index contributed by atoms with van der Waals surface area (Å²) in [4.78, 5) is 0. The van der Waals surface area contributed by atoms with Gasteiger partial charge in [-0.05, 0) is 18.2 Å². The molecule has 0 spiro atoms. The number of anilines is 1. The Morgan fingerprint density at radius 1 is 1.37 bits per heavy atom. The normalized spacial score (nSPS) is 11.0. The lowest BCUT2D eigenvalue weighted by molar-refractivity contribution is 0.236. The fourth-order valence-corrected chi connectivity index (χ4v) is 1.65. The minimum Gasteiger partial charge on any atom is -0.395 e. The molecule has 0 aliphatic heterocycles. The fourth-order valence-electron chi connectivity index (χ4n) is 1.10. The van der Waals surface area contributed by atoms with Crippen molar-refractivity contribution in [2.75, 3.05) is 11.3 Å². The van der Waals surface area contributed by atoms with Crippen LogP contribution in [0.3, 0.4) is 0 Å². The van der Waals surface area contributed by atoms with Crippen LogP contribution in [0.15, 0.2) is 18.2 Å². The molecule has 8 heteroatoms. The molecule has 1 aromatic carbocycles. The van der Waals surface area contributed by atoms with Crippen molar-refractivity contribution in [2.24, 2.45) is 0 Å². The number of aliphatic hydroxyl groups is 1. The maximum absolute atomic E-state index is 13.5. The lowest BCUT2D eigenvalue weighted by Gasteiger charge is -2.07. The highest BCUT2D eigenvalue weighted by atomic mass is 32.2. The van der Waals surface area contributed by atoms with Gasteiger partial charge in [0.2, 0.25) is 0 Å². The highest BCUT2D eigenvalue weighted by Gasteiger charge is 2.23. The van der Waals surface area contributed by atoms with Crippen molar-refractivity contribution >= 4 is 15.7 Å². The highest BCUT2D eigenvalue weighted by Crippen LogP contribution is 2.17. The molecule has 0 aromatic heterocycles. The Kier molecular flexibility index (Phi) is 5.20. The summed E-state index contributed by atoms with van der Waals surface area (Å²) in [6.45, 7) is -0.166. The molecule has 1 aromatic rings. The number of halogens is 3. The van der Waals surface area contributed by atoms with E-state index in [2.05, 4.69) is 11.8 Å². The van der Waals surface area contributed by atoms with Crippen LogP contribution in [0.1, 0.15) is 12.0 Å². The number of alkyl halides is 2. The Hall–Kier alpha value is -1.72. The van der Waals surface area contributed by atoms with Gasteiger partial charge in [-0.1, -0.05) is 11.8 Å². The molecule has 0 bridgehead atoms. The topological polar surface area (TPSA) is 66.4 Å². The largest absolute Gasteiger partial charge is 0.395 e. The Balaban J connectivity index is 2.93. The van der Waals surface area contributed by atoms with Crippen molar-refractivity contribution in [1.29, 1.82) is 0 Å². The first kappa shape index (κ1) is 15.3. The van der Waals surface area contributed by atoms with Gasteiger partial charge in [0.05, 0.1) is 17.9 Å². The molecule has 0 aliphatic carbocycles. The van der Waals surface area contributed by atoms with E-state index in [-0.39, 0.29) is 24.3 Å². The fraction of sp³-hybridized carbons (Fsp3) is 0.273. The summed E-state index contributed by atoms with van der Waals surface area (Å²) < 4.78 is 60.9. The minimum atomic E-state index is -4.82. The first-order chi connectivity index (χ1) is 8.86. The first-order valence-electron chi connectivity index (χ1n) is 5.06. The Morgan fingerprint density at radius 2 is 2.05 bits per heavy atom. The van der Waals surface area contributed by atoms with Crippen LogP contribution in [0.4, 0.5) is 18.9 Å². The summed E-state index contributed by atoms with van der Waals surface area (Å²) in [7, 11) is -4.82. The number of sulfonamides is 1. The summed E-state index contributed by atoms with van der Waals surface area (Å²) in [6.07, 6.45) is 0.166. The van der Waals surface area contributed by atoms with Gasteiger partial charge in [-0.25, -0.2) is 12.8 Å². The number of hydrogen-bond acceptors (Lipinski definition) is 3. The van der Waals surface area contributed by atoms with Crippen molar-refractivity contribution in [2.45, 2.75) is 12.2 Å². The summed E-state index contributed by atoms with van der Waals surface area (Å²) in [5.74, 6) is 0.451. The molecule has 0 fully saturated rings. The average Bonchev–Trinajstić information content (AvgIpc) is 2.31. The van der Waals surface area contributed by atoms with Gasteiger partial charge in [-0.15, -0.1) is 0 Å². The summed E-state index contributed by atoms with van der Waals surface area (Å²) in [5, 5.41) is 8.49. The molecule has 0 aliphatic rings. The van der Waals surface area contributed by atoms with Gasteiger partial charge in [-0.2, -0.15) is 8.78 Å². The minimum absolute atomic E-state index is 0.0200. The zero-order valence-corrected chi connectivity index (χ0v) is 10.3. The number of rotatable bonds is 4. The van der Waals surface area contributed by atoms with Gasteiger partial charge in [0.15, 0.2) is 0 Å². The van der Waals surface area contributed by atoms with Gasteiger partial charge < -0.3 is 5.11 Å². The first-order valence-corrected chi connectivity index (χ1v) is 6.60. The van der Waals surface area contributed by atoms with Crippen LogP contribution < -0.4 is 4.72 Å². The molecule has 0 saturated carbocycles. The van der Waals surface area contributed by atoms with E-state index in [1.807, 2.05) is 0 Å². The van der Waals surface area contributed by atoms with E-state index >= 15 is 0 Å². The molecular weight excluding hydrogens is 283 g/mol. The van der Waals surface area contributed by atoms with E-state index in [4.69, 9.17) is 5.11 Å². The van der Waals surface area contributed by atoms with Crippen LogP contribution in [0.2, 0.25) is 0 Å². The molecule has 2 N–H and O–H groups in total. The molecule has 104 valence electrons. The third kappa shape index (κ3) is 4.46. The van der Waals surface area contributed by atoms with Crippen molar-refractivity contribution < 1.29 is 26.7 Å². The predicted octanol–water partition coefficient (Wildman–Crippen LogP) is 1.52. The van der Waals surface area contributed by atoms with E-state index in [9.17, 15) is 21.6 Å². The van der Waals surface area contributed by atoms with Crippen LogP contribution in [0, 0.1) is 17.7 Å². The second kappa shape index (κ2) is 6.45. The number of nitrogens with one attached hydrogen (secondary N) is 1. The SMILES string of the molecule is O=S(=O)(Nc1ccc(C#CCCO)c(F)c1)C(F)F. The molecule has 0 amide bonds. The van der Waals surface area contributed by atoms with Crippen molar-refractivity contribution in [1.82, 2.24) is 0 Å². The van der Waals surface area contributed by atoms with Crippen LogP contribution >= 0.6 is 0 Å². The van der Waals surface area contributed by atoms with Gasteiger partial charge in [-0.3, -0.25) is 4.72 Å². The van der Waals surface area contributed by atoms with E-state index in [1.54, 1.807) is 4.72 Å². The molecule has 1 rings (SSSR count). The van der Waals surface area contributed by atoms with E-state index in [0.29, 0.717) is 0 Å². The maximum Gasteiger partial charge on any atom is 0.355 e. The van der Waals surface area contributed by atoms with E-state index in [0.717, 1.165) is 18.2 Å². The predicted molar refractivity (Wildman–Crippen MR) is 63.5 cm³/mol. The molecule has 0 heterocycles. The quantitative estimate of drug-likeness (QED) is 0.827. The monoisotopic (exact) mass is 293 g/mol. The van der Waals surface area contributed by atoms with Crippen LogP contribution in [-0.4, -0.2) is 25.9 Å². The maximum atomic E-state index is 13.5. The van der Waals surface area contributed by atoms with E-state index < -0.39 is 21.6 Å². The third-order valence-electron chi connectivity index (χ3n) is 1.92. The van der Waals surface area contributed by atoms with Crippen LogP contribution in [0.5, 0.6) is 0 Å². The lowest BCUT2D eigenvalue weighted by atomic mass is 10.2. The summed E-state index contributed by atoms with van der Waals surface area (Å²) in [6, 6.07) is 3.03. The Bertz CT molecular complexity index is 605. The second-order valence-electron chi connectivity index (χ2n) is 3.38. The number of hydrogen-bond donors (Lipinski definition) is 2. The van der Waals surface area contributed by atoms with E-state index in [1.165, 1.54) is 0 Å². The van der Waals surface area contributed by atoms with Crippen LogP contribution in [-0.2, 0) is 10.0 Å². The standard InChI is InChI=1S/C11H10F3NO3S/c12-10-7-9(15-19(17,18)11(13)14)5-4-8(10)3-1-2-6-16/h4-5,7,11,15-16H,2,6H2. The Morgan fingerprint density at radius 3 is 2.58 bits per heavy atom. The zero-order chi connectivity index (χ0) is 14.5. The molecule has 0 unspecified atom stereocenters. The van der Waals surface area contributed by atoms with Gasteiger partial charge in [0.1, 0.15) is 5.82 Å². The molecule has 4 nitrogen and oxygen atoms in total. The van der Waals surface area contributed by atoms with Gasteiger partial charge in [0.25, 0.3) is 10.0 Å². The summed E-state index contributed by atoms with van der Waals surface area (Å²) in [5.41, 5.74) is -0.334. The molecule has 0 atom stereocenters. The second-order valence-corrected chi connectivity index (χ2v) is 5.03. The lowest BCUT2D eigenvalue weighted by Crippen LogP contribution is -2.20. The van der Waals surface area contributed by atoms with Crippen molar-refractivity contribution in [3.8, 4) is 11.8 Å². The molecule has 0 saturated heterocycles. The van der Waals surface area contributed by atoms with Gasteiger partial charge >= 0.3 is 5.76 Å². The third-order valence-corrected chi connectivity index (χ3v) is 2.91. The Labute approximate surface area is 108 Å². The number of benzene rings is 1.